The molecular weight excluding hydrogens is 550 g/mol. The van der Waals surface area contributed by atoms with Gasteiger partial charge in [0.25, 0.3) is 11.8 Å². The van der Waals surface area contributed by atoms with E-state index in [4.69, 9.17) is 4.74 Å². The van der Waals surface area contributed by atoms with Crippen molar-refractivity contribution < 1.29 is 19.1 Å². The average molecular weight is 576 g/mol. The van der Waals surface area contributed by atoms with Crippen LogP contribution in [-0.4, -0.2) is 46.9 Å². The maximum atomic E-state index is 13.5. The number of hydrogen-bond acceptors (Lipinski definition) is 6. The Morgan fingerprint density at radius 3 is 2.40 bits per heavy atom. The maximum absolute atomic E-state index is 13.5. The normalized spacial score (nSPS) is 15.9. The van der Waals surface area contributed by atoms with Crippen molar-refractivity contribution >= 4 is 56.5 Å². The lowest BCUT2D eigenvalue weighted by atomic mass is 10.1. The highest BCUT2D eigenvalue weighted by Gasteiger charge is 2.34. The summed E-state index contributed by atoms with van der Waals surface area (Å²) in [6.07, 6.45) is 2.29. The quantitative estimate of drug-likeness (QED) is 0.243. The second-order valence-corrected chi connectivity index (χ2v) is 11.1. The summed E-state index contributed by atoms with van der Waals surface area (Å²) in [5.74, 6) is 1.02. The predicted octanol–water partition coefficient (Wildman–Crippen LogP) is 6.42. The minimum atomic E-state index is -0.375. The summed E-state index contributed by atoms with van der Waals surface area (Å²) in [5.41, 5.74) is 2.38. The van der Waals surface area contributed by atoms with E-state index in [1.807, 2.05) is 72.8 Å². The van der Waals surface area contributed by atoms with Gasteiger partial charge < -0.3 is 20.3 Å². The van der Waals surface area contributed by atoms with Gasteiger partial charge in [0.05, 0.1) is 22.4 Å². The molecule has 10 heteroatoms. The molecule has 0 bridgehead atoms. The van der Waals surface area contributed by atoms with Gasteiger partial charge in [0.1, 0.15) is 21.2 Å². The highest BCUT2D eigenvalue weighted by Crippen LogP contribution is 2.46. The summed E-state index contributed by atoms with van der Waals surface area (Å²) in [4.78, 5) is 48.6. The molecule has 2 N–H and O–H groups in total. The van der Waals surface area contributed by atoms with Gasteiger partial charge in [-0.15, -0.1) is 11.3 Å². The molecule has 0 radical (unpaired) electrons. The Morgan fingerprint density at radius 2 is 1.64 bits per heavy atom. The van der Waals surface area contributed by atoms with Gasteiger partial charge in [0, 0.05) is 30.9 Å². The van der Waals surface area contributed by atoms with Gasteiger partial charge in [-0.1, -0.05) is 36.4 Å². The van der Waals surface area contributed by atoms with Crippen molar-refractivity contribution in [2.75, 3.05) is 23.3 Å². The van der Waals surface area contributed by atoms with Crippen LogP contribution in [0.25, 0.3) is 10.2 Å². The minimum absolute atomic E-state index is 0.0508. The van der Waals surface area contributed by atoms with Crippen LogP contribution in [0.15, 0.2) is 97.2 Å². The fraction of sp³-hybridized carbons (Fsp3) is 0.125. The van der Waals surface area contributed by atoms with Gasteiger partial charge >= 0.3 is 6.03 Å². The van der Waals surface area contributed by atoms with E-state index in [1.54, 1.807) is 34.2 Å². The van der Waals surface area contributed by atoms with E-state index >= 15 is 0 Å². The monoisotopic (exact) mass is 575 g/mol. The minimum Gasteiger partial charge on any atom is -0.457 e. The van der Waals surface area contributed by atoms with Crippen LogP contribution in [0.5, 0.6) is 11.5 Å². The molecule has 0 unspecified atom stereocenters. The number of amides is 4. The third-order valence-corrected chi connectivity index (χ3v) is 8.45. The predicted molar refractivity (Wildman–Crippen MR) is 162 cm³/mol. The Labute approximate surface area is 245 Å². The van der Waals surface area contributed by atoms with E-state index in [2.05, 4.69) is 15.6 Å². The second-order valence-electron chi connectivity index (χ2n) is 10.1. The van der Waals surface area contributed by atoms with Crippen LogP contribution >= 0.6 is 11.3 Å². The van der Waals surface area contributed by atoms with Crippen LogP contribution in [0, 0.1) is 0 Å². The number of aromatic nitrogens is 1. The standard InChI is InChI=1S/C32H25N5O4S/c38-29(34-21-16-18-36(19-21)31(39)20-7-3-1-4-8-20)28-27-26-25(15-17-33-30(26)42-28)37(32(40)35-27)22-11-13-24(14-12-22)41-23-9-5-2-6-10-23/h1-15,17,21H,16,18-19H2,(H,34,38)(H,35,40)/t21-/m0/s1. The summed E-state index contributed by atoms with van der Waals surface area (Å²) in [7, 11) is 0. The van der Waals surface area contributed by atoms with Gasteiger partial charge in [-0.2, -0.15) is 0 Å². The van der Waals surface area contributed by atoms with Gasteiger partial charge in [-0.3, -0.25) is 14.5 Å². The zero-order chi connectivity index (χ0) is 28.6. The fourth-order valence-corrected chi connectivity index (χ4v) is 6.39. The van der Waals surface area contributed by atoms with E-state index in [0.717, 1.165) is 5.75 Å². The molecule has 9 nitrogen and oxygen atoms in total. The molecule has 208 valence electrons. The van der Waals surface area contributed by atoms with E-state index in [-0.39, 0.29) is 23.9 Å². The summed E-state index contributed by atoms with van der Waals surface area (Å²) < 4.78 is 5.89. The van der Waals surface area contributed by atoms with E-state index in [1.165, 1.54) is 11.3 Å². The van der Waals surface area contributed by atoms with Crippen molar-refractivity contribution in [3.8, 4) is 11.5 Å². The number of nitrogens with one attached hydrogen (secondary N) is 2. The fourth-order valence-electron chi connectivity index (χ4n) is 5.37. The Bertz CT molecular complexity index is 1810. The number of urea groups is 1. The van der Waals surface area contributed by atoms with Crippen LogP contribution in [-0.2, 0) is 0 Å². The number of carbonyl (C=O) groups is 3. The Morgan fingerprint density at radius 1 is 0.929 bits per heavy atom. The highest BCUT2D eigenvalue weighted by molar-refractivity contribution is 7.21. The van der Waals surface area contributed by atoms with Gasteiger partial charge in [0.2, 0.25) is 0 Å². The van der Waals surface area contributed by atoms with Crippen molar-refractivity contribution in [2.24, 2.45) is 0 Å². The summed E-state index contributed by atoms with van der Waals surface area (Å²) in [5, 5.41) is 6.71. The van der Waals surface area contributed by atoms with Crippen LogP contribution < -0.4 is 20.3 Å². The molecule has 0 aliphatic carbocycles. The summed E-state index contributed by atoms with van der Waals surface area (Å²) >= 11 is 1.24. The summed E-state index contributed by atoms with van der Waals surface area (Å²) in [6, 6.07) is 27.1. The molecule has 0 saturated carbocycles. The molecule has 1 fully saturated rings. The number of benzene rings is 3. The second kappa shape index (κ2) is 10.6. The lowest BCUT2D eigenvalue weighted by molar-refractivity contribution is 0.0783. The van der Waals surface area contributed by atoms with E-state index in [0.29, 0.717) is 63.0 Å². The number of pyridine rings is 1. The third kappa shape index (κ3) is 4.71. The van der Waals surface area contributed by atoms with Crippen LogP contribution in [0.4, 0.5) is 21.9 Å². The number of likely N-dealkylation sites (tertiary alicyclic amines) is 1. The largest absolute Gasteiger partial charge is 0.457 e. The number of para-hydroxylation sites is 1. The van der Waals surface area contributed by atoms with Crippen molar-refractivity contribution in [1.82, 2.24) is 15.2 Å². The van der Waals surface area contributed by atoms with Crippen LogP contribution in [0.3, 0.4) is 0 Å². The molecule has 4 amide bonds. The third-order valence-electron chi connectivity index (χ3n) is 7.36. The Hall–Kier alpha value is -5.22. The molecule has 5 aromatic rings. The maximum Gasteiger partial charge on any atom is 0.331 e. The first kappa shape index (κ1) is 25.7. The highest BCUT2D eigenvalue weighted by atomic mass is 32.1. The van der Waals surface area contributed by atoms with E-state index in [9.17, 15) is 14.4 Å². The number of ether oxygens (including phenoxy) is 1. The zero-order valence-corrected chi connectivity index (χ0v) is 23.1. The molecule has 2 aliphatic heterocycles. The molecule has 3 aromatic carbocycles. The molecule has 1 saturated heterocycles. The molecule has 2 aromatic heterocycles. The Kier molecular flexibility index (Phi) is 6.52. The number of nitrogens with zero attached hydrogens (tertiary/aromatic N) is 3. The zero-order valence-electron chi connectivity index (χ0n) is 22.3. The first-order chi connectivity index (χ1) is 20.5. The van der Waals surface area contributed by atoms with Crippen LogP contribution in [0.2, 0.25) is 0 Å². The molecule has 7 rings (SSSR count). The first-order valence-corrected chi connectivity index (χ1v) is 14.4. The number of rotatable bonds is 6. The van der Waals surface area contributed by atoms with E-state index < -0.39 is 0 Å². The first-order valence-electron chi connectivity index (χ1n) is 13.6. The molecular formula is C32H25N5O4S. The van der Waals surface area contributed by atoms with Crippen molar-refractivity contribution in [1.29, 1.82) is 0 Å². The topological polar surface area (TPSA) is 104 Å². The lowest BCUT2D eigenvalue weighted by Gasteiger charge is -2.28. The number of thiophene rings is 1. The van der Waals surface area contributed by atoms with Crippen LogP contribution in [0.1, 0.15) is 26.5 Å². The van der Waals surface area contributed by atoms with Gasteiger partial charge in [0.15, 0.2) is 0 Å². The molecule has 0 spiro atoms. The molecule has 1 atom stereocenters. The molecule has 42 heavy (non-hydrogen) atoms. The number of hydrogen-bond donors (Lipinski definition) is 2. The van der Waals surface area contributed by atoms with Gasteiger partial charge in [-0.25, -0.2) is 9.78 Å². The Balaban J connectivity index is 1.11. The van der Waals surface area contributed by atoms with Crippen molar-refractivity contribution in [3.05, 3.63) is 108 Å². The van der Waals surface area contributed by atoms with Gasteiger partial charge in [-0.05, 0) is 61.0 Å². The summed E-state index contributed by atoms with van der Waals surface area (Å²) in [6.45, 7) is 0.984. The smallest absolute Gasteiger partial charge is 0.331 e. The SMILES string of the molecule is O=C(N[C@H]1CCN(C(=O)c2ccccc2)C1)c1sc2nccc3c2c1NC(=O)N3c1ccc(Oc2ccccc2)cc1. The van der Waals surface area contributed by atoms with Crippen molar-refractivity contribution in [3.63, 3.8) is 0 Å². The molecule has 2 aliphatic rings. The number of carbonyl (C=O) groups excluding carboxylic acids is 3. The number of anilines is 3. The average Bonchev–Trinajstić information content (AvgIpc) is 3.64. The molecule has 4 heterocycles. The van der Waals surface area contributed by atoms with Crippen molar-refractivity contribution in [2.45, 2.75) is 12.5 Å². The lowest BCUT2D eigenvalue weighted by Crippen LogP contribution is -2.39.